The molecule has 0 aliphatic heterocycles. The lowest BCUT2D eigenvalue weighted by Gasteiger charge is -2.30. The maximum Gasteiger partial charge on any atom is 0.0297 e. The summed E-state index contributed by atoms with van der Waals surface area (Å²) in [4.78, 5) is 0. The predicted molar refractivity (Wildman–Crippen MR) is 78.9 cm³/mol. The monoisotopic (exact) mass is 245 g/mol. The van der Waals surface area contributed by atoms with Crippen LogP contribution in [0.1, 0.15) is 62.3 Å². The molecule has 0 saturated heterocycles. The summed E-state index contributed by atoms with van der Waals surface area (Å²) >= 11 is 0. The highest BCUT2D eigenvalue weighted by Crippen LogP contribution is 2.26. The molecule has 1 aliphatic rings. The molecule has 1 aliphatic carbocycles. The summed E-state index contributed by atoms with van der Waals surface area (Å²) in [5.41, 5.74) is 4.24. The zero-order valence-electron chi connectivity index (χ0n) is 12.3. The van der Waals surface area contributed by atoms with E-state index in [0.717, 1.165) is 12.0 Å². The van der Waals surface area contributed by atoms with Crippen molar-refractivity contribution in [3.63, 3.8) is 0 Å². The Balaban J connectivity index is 1.98. The van der Waals surface area contributed by atoms with Gasteiger partial charge in [-0.1, -0.05) is 30.7 Å². The molecule has 0 aromatic heterocycles. The topological polar surface area (TPSA) is 12.0 Å². The van der Waals surface area contributed by atoms with Gasteiger partial charge in [0.05, 0.1) is 0 Å². The minimum absolute atomic E-state index is 0.475. The van der Waals surface area contributed by atoms with E-state index < -0.39 is 0 Å². The molecule has 0 spiro atoms. The molecule has 1 aromatic carbocycles. The Morgan fingerprint density at radius 2 is 1.78 bits per heavy atom. The van der Waals surface area contributed by atoms with Crippen LogP contribution in [-0.4, -0.2) is 6.04 Å². The third-order valence-corrected chi connectivity index (χ3v) is 4.40. The SMILES string of the molecule is Cc1ccc(C)c(C(C)NC2CCC(C)CC2)c1. The smallest absolute Gasteiger partial charge is 0.0297 e. The third-order valence-electron chi connectivity index (χ3n) is 4.40. The Kier molecular flexibility index (Phi) is 4.45. The fraction of sp³-hybridized carbons (Fsp3) is 0.647. The summed E-state index contributed by atoms with van der Waals surface area (Å²) in [6.07, 6.45) is 5.46. The van der Waals surface area contributed by atoms with Gasteiger partial charge in [0.1, 0.15) is 0 Å². The van der Waals surface area contributed by atoms with E-state index in [1.54, 1.807) is 0 Å². The summed E-state index contributed by atoms with van der Waals surface area (Å²) in [5.74, 6) is 0.930. The van der Waals surface area contributed by atoms with Crippen LogP contribution in [0.25, 0.3) is 0 Å². The Morgan fingerprint density at radius 3 is 2.44 bits per heavy atom. The molecule has 1 N–H and O–H groups in total. The molecule has 1 fully saturated rings. The molecular formula is C17H27N. The first-order valence-electron chi connectivity index (χ1n) is 7.39. The van der Waals surface area contributed by atoms with Crippen LogP contribution in [0.5, 0.6) is 0 Å². The van der Waals surface area contributed by atoms with Crippen LogP contribution < -0.4 is 5.32 Å². The fourth-order valence-corrected chi connectivity index (χ4v) is 3.10. The third kappa shape index (κ3) is 3.35. The quantitative estimate of drug-likeness (QED) is 0.825. The van der Waals surface area contributed by atoms with E-state index in [-0.39, 0.29) is 0 Å². The van der Waals surface area contributed by atoms with E-state index in [9.17, 15) is 0 Å². The number of aryl methyl sites for hydroxylation is 2. The van der Waals surface area contributed by atoms with Gasteiger partial charge < -0.3 is 5.32 Å². The van der Waals surface area contributed by atoms with Crippen LogP contribution in [0.4, 0.5) is 0 Å². The van der Waals surface area contributed by atoms with E-state index in [2.05, 4.69) is 51.2 Å². The summed E-state index contributed by atoms with van der Waals surface area (Å²) < 4.78 is 0. The van der Waals surface area contributed by atoms with E-state index in [0.29, 0.717) is 6.04 Å². The van der Waals surface area contributed by atoms with E-state index in [4.69, 9.17) is 0 Å². The van der Waals surface area contributed by atoms with E-state index >= 15 is 0 Å². The van der Waals surface area contributed by atoms with Gasteiger partial charge in [-0.05, 0) is 63.5 Å². The molecule has 1 heteroatoms. The van der Waals surface area contributed by atoms with Crippen LogP contribution >= 0.6 is 0 Å². The summed E-state index contributed by atoms with van der Waals surface area (Å²) in [6, 6.07) is 7.97. The van der Waals surface area contributed by atoms with Crippen molar-refractivity contribution in [1.29, 1.82) is 0 Å². The highest BCUT2D eigenvalue weighted by molar-refractivity contribution is 5.32. The largest absolute Gasteiger partial charge is 0.307 e. The van der Waals surface area contributed by atoms with E-state index in [1.807, 2.05) is 0 Å². The number of hydrogen-bond donors (Lipinski definition) is 1. The van der Waals surface area contributed by atoms with Crippen LogP contribution in [0.15, 0.2) is 18.2 Å². The molecular weight excluding hydrogens is 218 g/mol. The molecule has 1 unspecified atom stereocenters. The normalized spacial score (nSPS) is 26.0. The second kappa shape index (κ2) is 5.88. The van der Waals surface area contributed by atoms with Crippen molar-refractivity contribution in [3.05, 3.63) is 34.9 Å². The molecule has 0 radical (unpaired) electrons. The van der Waals surface area contributed by atoms with Crippen molar-refractivity contribution in [2.24, 2.45) is 5.92 Å². The lowest BCUT2D eigenvalue weighted by Crippen LogP contribution is -2.34. The Bertz CT molecular complexity index is 389. The van der Waals surface area contributed by atoms with Crippen LogP contribution in [0.2, 0.25) is 0 Å². The molecule has 18 heavy (non-hydrogen) atoms. The maximum absolute atomic E-state index is 3.82. The fourth-order valence-electron chi connectivity index (χ4n) is 3.10. The van der Waals surface area contributed by atoms with Gasteiger partial charge >= 0.3 is 0 Å². The van der Waals surface area contributed by atoms with Gasteiger partial charge in [0, 0.05) is 12.1 Å². The zero-order chi connectivity index (χ0) is 13.1. The summed E-state index contributed by atoms with van der Waals surface area (Å²) in [6.45, 7) is 9.08. The van der Waals surface area contributed by atoms with Crippen LogP contribution in [0.3, 0.4) is 0 Å². The zero-order valence-corrected chi connectivity index (χ0v) is 12.3. The molecule has 1 saturated carbocycles. The standard InChI is InChI=1S/C17H27N/c1-12-6-9-16(10-7-12)18-15(4)17-11-13(2)5-8-14(17)3/h5,8,11-12,15-16,18H,6-7,9-10H2,1-4H3. The van der Waals surface area contributed by atoms with Crippen molar-refractivity contribution < 1.29 is 0 Å². The Morgan fingerprint density at radius 1 is 1.11 bits per heavy atom. The minimum Gasteiger partial charge on any atom is -0.307 e. The van der Waals surface area contributed by atoms with Gasteiger partial charge in [-0.25, -0.2) is 0 Å². The van der Waals surface area contributed by atoms with Gasteiger partial charge in [-0.3, -0.25) is 0 Å². The average molecular weight is 245 g/mol. The van der Waals surface area contributed by atoms with Crippen molar-refractivity contribution in [2.75, 3.05) is 0 Å². The van der Waals surface area contributed by atoms with Gasteiger partial charge in [0.2, 0.25) is 0 Å². The van der Waals surface area contributed by atoms with Crippen molar-refractivity contribution in [3.8, 4) is 0 Å². The second-order valence-electron chi connectivity index (χ2n) is 6.21. The number of nitrogens with one attached hydrogen (secondary N) is 1. The van der Waals surface area contributed by atoms with Gasteiger partial charge in [-0.2, -0.15) is 0 Å². The first-order chi connectivity index (χ1) is 8.56. The number of hydrogen-bond acceptors (Lipinski definition) is 1. The highest BCUT2D eigenvalue weighted by Gasteiger charge is 2.20. The highest BCUT2D eigenvalue weighted by atomic mass is 14.9. The first-order valence-corrected chi connectivity index (χ1v) is 7.39. The van der Waals surface area contributed by atoms with Crippen molar-refractivity contribution >= 4 is 0 Å². The molecule has 0 bridgehead atoms. The molecule has 2 rings (SSSR count). The maximum atomic E-state index is 3.82. The lowest BCUT2D eigenvalue weighted by atomic mass is 9.86. The molecule has 1 atom stereocenters. The average Bonchev–Trinajstić information content (AvgIpc) is 2.35. The predicted octanol–water partition coefficient (Wildman–Crippen LogP) is 4.53. The lowest BCUT2D eigenvalue weighted by molar-refractivity contribution is 0.291. The molecule has 0 amide bonds. The summed E-state index contributed by atoms with van der Waals surface area (Å²) in [7, 11) is 0. The number of benzene rings is 1. The second-order valence-corrected chi connectivity index (χ2v) is 6.21. The van der Waals surface area contributed by atoms with Gasteiger partial charge in [-0.15, -0.1) is 0 Å². The molecule has 1 aromatic rings. The van der Waals surface area contributed by atoms with Crippen LogP contribution in [0, 0.1) is 19.8 Å². The minimum atomic E-state index is 0.475. The number of rotatable bonds is 3. The van der Waals surface area contributed by atoms with Gasteiger partial charge in [0.25, 0.3) is 0 Å². The molecule has 1 nitrogen and oxygen atoms in total. The molecule has 0 heterocycles. The first kappa shape index (κ1) is 13.6. The van der Waals surface area contributed by atoms with Crippen LogP contribution in [-0.2, 0) is 0 Å². The van der Waals surface area contributed by atoms with Gasteiger partial charge in [0.15, 0.2) is 0 Å². The van der Waals surface area contributed by atoms with E-state index in [1.165, 1.54) is 42.4 Å². The summed E-state index contributed by atoms with van der Waals surface area (Å²) in [5, 5.41) is 3.82. The van der Waals surface area contributed by atoms with Crippen molar-refractivity contribution in [1.82, 2.24) is 5.32 Å². The Hall–Kier alpha value is -0.820. The molecule has 100 valence electrons. The van der Waals surface area contributed by atoms with Crippen molar-refractivity contribution in [2.45, 2.75) is 65.5 Å². The Labute approximate surface area is 112 Å².